The summed E-state index contributed by atoms with van der Waals surface area (Å²) in [5.74, 6) is 0.196. The molecule has 0 fully saturated rings. The third kappa shape index (κ3) is 2.41. The molecule has 1 nitrogen and oxygen atoms in total. The molecule has 4 heteroatoms. The van der Waals surface area contributed by atoms with Gasteiger partial charge in [-0.3, -0.25) is 4.79 Å². The van der Waals surface area contributed by atoms with E-state index in [0.29, 0.717) is 6.42 Å². The van der Waals surface area contributed by atoms with Crippen LogP contribution in [0, 0.1) is 0 Å². The van der Waals surface area contributed by atoms with Gasteiger partial charge >= 0.3 is 0 Å². The molecule has 0 spiro atoms. The van der Waals surface area contributed by atoms with Gasteiger partial charge in [0.2, 0.25) is 0 Å². The molecule has 3 aromatic rings. The Morgan fingerprint density at radius 1 is 1.17 bits per heavy atom. The predicted octanol–water partition coefficient (Wildman–Crippen LogP) is 5.15. The Kier molecular flexibility index (Phi) is 3.33. The van der Waals surface area contributed by atoms with Crippen LogP contribution >= 0.6 is 38.6 Å². The van der Waals surface area contributed by atoms with Gasteiger partial charge in [-0.25, -0.2) is 0 Å². The topological polar surface area (TPSA) is 17.1 Å². The molecular formula is C14H9BrOS2. The first-order valence-electron chi connectivity index (χ1n) is 5.47. The van der Waals surface area contributed by atoms with Crippen molar-refractivity contribution >= 4 is 53.8 Å². The molecule has 18 heavy (non-hydrogen) atoms. The molecular weight excluding hydrogens is 328 g/mol. The van der Waals surface area contributed by atoms with Crippen LogP contribution in [0.15, 0.2) is 46.3 Å². The number of halogens is 1. The van der Waals surface area contributed by atoms with Crippen LogP contribution in [0.2, 0.25) is 0 Å². The van der Waals surface area contributed by atoms with Crippen molar-refractivity contribution in [1.29, 1.82) is 0 Å². The van der Waals surface area contributed by atoms with Crippen molar-refractivity contribution in [2.45, 2.75) is 6.42 Å². The Hall–Kier alpha value is -0.970. The van der Waals surface area contributed by atoms with Gasteiger partial charge in [-0.2, -0.15) is 0 Å². The standard InChI is InChI=1S/C14H9BrOS2/c15-10-3-1-2-9(6-10)7-11(16)13-8-14-12(18-13)4-5-17-14/h1-6,8H,7H2. The summed E-state index contributed by atoms with van der Waals surface area (Å²) in [6, 6.07) is 12.0. The Bertz CT molecular complexity index is 683. The average molecular weight is 337 g/mol. The van der Waals surface area contributed by atoms with E-state index in [2.05, 4.69) is 27.4 Å². The zero-order chi connectivity index (χ0) is 12.5. The van der Waals surface area contributed by atoms with Crippen molar-refractivity contribution in [2.24, 2.45) is 0 Å². The number of ketones is 1. The molecule has 0 atom stereocenters. The van der Waals surface area contributed by atoms with E-state index in [1.165, 1.54) is 9.40 Å². The van der Waals surface area contributed by atoms with Crippen molar-refractivity contribution in [3.63, 3.8) is 0 Å². The van der Waals surface area contributed by atoms with Gasteiger partial charge in [-0.15, -0.1) is 22.7 Å². The minimum absolute atomic E-state index is 0.196. The van der Waals surface area contributed by atoms with Gasteiger partial charge in [0.1, 0.15) is 0 Å². The lowest BCUT2D eigenvalue weighted by Gasteiger charge is -1.99. The fraction of sp³-hybridized carbons (Fsp3) is 0.0714. The summed E-state index contributed by atoms with van der Waals surface area (Å²) in [6.07, 6.45) is 0.465. The maximum Gasteiger partial charge on any atom is 0.177 e. The first kappa shape index (κ1) is 12.1. The van der Waals surface area contributed by atoms with E-state index in [9.17, 15) is 4.79 Å². The molecule has 2 aromatic heterocycles. The highest BCUT2D eigenvalue weighted by Crippen LogP contribution is 2.30. The summed E-state index contributed by atoms with van der Waals surface area (Å²) in [5, 5.41) is 2.06. The van der Waals surface area contributed by atoms with E-state index in [0.717, 1.165) is 14.9 Å². The third-order valence-corrected chi connectivity index (χ3v) is 5.30. The normalized spacial score (nSPS) is 10.9. The van der Waals surface area contributed by atoms with Gasteiger partial charge in [-0.1, -0.05) is 28.1 Å². The Morgan fingerprint density at radius 2 is 2.06 bits per heavy atom. The Labute approximate surface area is 121 Å². The summed E-state index contributed by atoms with van der Waals surface area (Å²) < 4.78 is 3.43. The second kappa shape index (κ2) is 4.96. The van der Waals surface area contributed by atoms with E-state index >= 15 is 0 Å². The smallest absolute Gasteiger partial charge is 0.177 e. The zero-order valence-electron chi connectivity index (χ0n) is 9.35. The molecule has 0 saturated heterocycles. The van der Waals surface area contributed by atoms with E-state index in [4.69, 9.17) is 0 Å². The summed E-state index contributed by atoms with van der Waals surface area (Å²) in [6.45, 7) is 0. The summed E-state index contributed by atoms with van der Waals surface area (Å²) in [5.41, 5.74) is 1.05. The number of carbonyl (C=O) groups excluding carboxylic acids is 1. The minimum atomic E-state index is 0.196. The summed E-state index contributed by atoms with van der Waals surface area (Å²) >= 11 is 6.69. The van der Waals surface area contributed by atoms with Crippen molar-refractivity contribution < 1.29 is 4.79 Å². The Morgan fingerprint density at radius 3 is 2.83 bits per heavy atom. The molecule has 0 amide bonds. The van der Waals surface area contributed by atoms with Gasteiger partial charge in [0, 0.05) is 20.3 Å². The molecule has 0 aliphatic rings. The molecule has 2 heterocycles. The lowest BCUT2D eigenvalue weighted by molar-refractivity contribution is 0.0997. The monoisotopic (exact) mass is 336 g/mol. The molecule has 0 unspecified atom stereocenters. The van der Waals surface area contributed by atoms with Crippen molar-refractivity contribution in [1.82, 2.24) is 0 Å². The van der Waals surface area contributed by atoms with E-state index in [1.807, 2.05) is 30.3 Å². The van der Waals surface area contributed by atoms with Crippen LogP contribution in [-0.4, -0.2) is 5.78 Å². The van der Waals surface area contributed by atoms with E-state index in [1.54, 1.807) is 22.7 Å². The van der Waals surface area contributed by atoms with Crippen LogP contribution in [0.3, 0.4) is 0 Å². The van der Waals surface area contributed by atoms with E-state index in [-0.39, 0.29) is 5.78 Å². The number of thiophene rings is 2. The number of rotatable bonds is 3. The molecule has 0 bridgehead atoms. The van der Waals surface area contributed by atoms with Crippen LogP contribution in [0.5, 0.6) is 0 Å². The first-order valence-corrected chi connectivity index (χ1v) is 7.96. The van der Waals surface area contributed by atoms with Crippen LogP contribution < -0.4 is 0 Å². The first-order chi connectivity index (χ1) is 8.72. The number of fused-ring (bicyclic) bond motifs is 1. The predicted molar refractivity (Wildman–Crippen MR) is 81.9 cm³/mol. The lowest BCUT2D eigenvalue weighted by Crippen LogP contribution is -2.00. The van der Waals surface area contributed by atoms with Gasteiger partial charge in [0.05, 0.1) is 4.88 Å². The molecule has 0 radical (unpaired) electrons. The number of benzene rings is 1. The zero-order valence-corrected chi connectivity index (χ0v) is 12.6. The number of hydrogen-bond donors (Lipinski definition) is 0. The quantitative estimate of drug-likeness (QED) is 0.604. The van der Waals surface area contributed by atoms with Gasteiger partial charge in [0.25, 0.3) is 0 Å². The van der Waals surface area contributed by atoms with Crippen LogP contribution in [0.1, 0.15) is 15.2 Å². The maximum absolute atomic E-state index is 12.2. The van der Waals surface area contributed by atoms with Gasteiger partial charge in [0.15, 0.2) is 5.78 Å². The number of Topliss-reactive ketones (excluding diaryl/α,β-unsaturated/α-hetero) is 1. The SMILES string of the molecule is O=C(Cc1cccc(Br)c1)c1cc2sccc2s1. The Balaban J connectivity index is 1.85. The average Bonchev–Trinajstić information content (AvgIpc) is 2.88. The van der Waals surface area contributed by atoms with Crippen LogP contribution in [0.25, 0.3) is 9.40 Å². The second-order valence-corrected chi connectivity index (χ2v) is 6.94. The second-order valence-electron chi connectivity index (χ2n) is 3.99. The number of hydrogen-bond acceptors (Lipinski definition) is 3. The third-order valence-electron chi connectivity index (χ3n) is 2.67. The van der Waals surface area contributed by atoms with Gasteiger partial charge in [-0.05, 0) is 35.2 Å². The van der Waals surface area contributed by atoms with Crippen molar-refractivity contribution in [3.05, 3.63) is 56.7 Å². The molecule has 0 saturated carbocycles. The van der Waals surface area contributed by atoms with Crippen molar-refractivity contribution in [2.75, 3.05) is 0 Å². The molecule has 0 aliphatic heterocycles. The largest absolute Gasteiger partial charge is 0.293 e. The van der Waals surface area contributed by atoms with E-state index < -0.39 is 0 Å². The molecule has 90 valence electrons. The molecule has 0 N–H and O–H groups in total. The summed E-state index contributed by atoms with van der Waals surface area (Å²) in [7, 11) is 0. The van der Waals surface area contributed by atoms with Crippen LogP contribution in [0.4, 0.5) is 0 Å². The minimum Gasteiger partial charge on any atom is -0.293 e. The van der Waals surface area contributed by atoms with Crippen molar-refractivity contribution in [3.8, 4) is 0 Å². The summed E-state index contributed by atoms with van der Waals surface area (Å²) in [4.78, 5) is 13.1. The fourth-order valence-corrected chi connectivity index (χ4v) is 4.32. The molecule has 0 aliphatic carbocycles. The van der Waals surface area contributed by atoms with Gasteiger partial charge < -0.3 is 0 Å². The number of carbonyl (C=O) groups is 1. The lowest BCUT2D eigenvalue weighted by atomic mass is 10.1. The maximum atomic E-state index is 12.2. The highest BCUT2D eigenvalue weighted by molar-refractivity contribution is 9.10. The molecule has 3 rings (SSSR count). The highest BCUT2D eigenvalue weighted by Gasteiger charge is 2.11. The van der Waals surface area contributed by atoms with Crippen LogP contribution in [-0.2, 0) is 6.42 Å². The fourth-order valence-electron chi connectivity index (χ4n) is 1.82. The highest BCUT2D eigenvalue weighted by atomic mass is 79.9. The molecule has 1 aromatic carbocycles.